The quantitative estimate of drug-likeness (QED) is 0.679. The van der Waals surface area contributed by atoms with Crippen molar-refractivity contribution in [1.82, 2.24) is 16.2 Å². The highest BCUT2D eigenvalue weighted by Gasteiger charge is 2.15. The van der Waals surface area contributed by atoms with Crippen molar-refractivity contribution >= 4 is 29.1 Å². The van der Waals surface area contributed by atoms with Gasteiger partial charge in [0.05, 0.1) is 0 Å². The van der Waals surface area contributed by atoms with E-state index in [1.54, 1.807) is 35.0 Å². The molecule has 0 saturated heterocycles. The third-order valence-corrected chi connectivity index (χ3v) is 4.22. The van der Waals surface area contributed by atoms with Crippen LogP contribution in [0.4, 0.5) is 0 Å². The number of fused-ring (bicyclic) bond motifs is 1. The van der Waals surface area contributed by atoms with Gasteiger partial charge in [-0.2, -0.15) is 11.3 Å². The second-order valence-corrected chi connectivity index (χ2v) is 6.16. The summed E-state index contributed by atoms with van der Waals surface area (Å²) in [6, 6.07) is 6.48. The van der Waals surface area contributed by atoms with Gasteiger partial charge in [-0.15, -0.1) is 0 Å². The molecule has 1 aromatic carbocycles. The van der Waals surface area contributed by atoms with E-state index in [1.165, 1.54) is 11.3 Å². The van der Waals surface area contributed by atoms with Gasteiger partial charge in [0.2, 0.25) is 5.91 Å². The normalized spacial score (nSPS) is 12.2. The van der Waals surface area contributed by atoms with E-state index in [4.69, 9.17) is 9.47 Å². The van der Waals surface area contributed by atoms with Crippen LogP contribution in [0.1, 0.15) is 27.1 Å². The molecule has 1 aromatic heterocycles. The van der Waals surface area contributed by atoms with Crippen molar-refractivity contribution in [2.45, 2.75) is 6.42 Å². The van der Waals surface area contributed by atoms with Gasteiger partial charge in [0, 0.05) is 29.5 Å². The zero-order valence-electron chi connectivity index (χ0n) is 13.7. The summed E-state index contributed by atoms with van der Waals surface area (Å²) in [5, 5.41) is 6.16. The maximum atomic E-state index is 12.1. The van der Waals surface area contributed by atoms with E-state index in [1.807, 2.05) is 0 Å². The SMILES string of the molecule is O=C(CCNC(=O)c1ccsc1)NNC(=O)c1ccc2c(c1)OCCO2. The van der Waals surface area contributed by atoms with Crippen molar-refractivity contribution in [1.29, 1.82) is 0 Å². The smallest absolute Gasteiger partial charge is 0.269 e. The Balaban J connectivity index is 1.41. The van der Waals surface area contributed by atoms with E-state index in [0.717, 1.165) is 0 Å². The van der Waals surface area contributed by atoms with Crippen molar-refractivity contribution in [3.63, 3.8) is 0 Å². The molecular weight excluding hydrogens is 358 g/mol. The summed E-state index contributed by atoms with van der Waals surface area (Å²) in [5.41, 5.74) is 5.53. The van der Waals surface area contributed by atoms with E-state index in [-0.39, 0.29) is 18.9 Å². The van der Waals surface area contributed by atoms with Crippen molar-refractivity contribution in [2.24, 2.45) is 0 Å². The predicted molar refractivity (Wildman–Crippen MR) is 94.3 cm³/mol. The molecule has 8 nitrogen and oxygen atoms in total. The highest BCUT2D eigenvalue weighted by atomic mass is 32.1. The Bertz CT molecular complexity index is 807. The van der Waals surface area contributed by atoms with E-state index in [9.17, 15) is 14.4 Å². The molecule has 0 unspecified atom stereocenters. The van der Waals surface area contributed by atoms with Gasteiger partial charge in [-0.3, -0.25) is 25.2 Å². The number of benzene rings is 1. The summed E-state index contributed by atoms with van der Waals surface area (Å²) in [5.74, 6) is -0.0527. The van der Waals surface area contributed by atoms with E-state index in [2.05, 4.69) is 16.2 Å². The molecule has 0 aliphatic carbocycles. The largest absolute Gasteiger partial charge is 0.486 e. The number of thiophene rings is 1. The Labute approximate surface area is 153 Å². The van der Waals surface area contributed by atoms with Crippen molar-refractivity contribution in [3.05, 3.63) is 46.2 Å². The van der Waals surface area contributed by atoms with Gasteiger partial charge in [0.25, 0.3) is 11.8 Å². The zero-order chi connectivity index (χ0) is 18.4. The predicted octanol–water partition coefficient (Wildman–Crippen LogP) is 1.10. The topological polar surface area (TPSA) is 106 Å². The van der Waals surface area contributed by atoms with Gasteiger partial charge in [-0.05, 0) is 29.6 Å². The van der Waals surface area contributed by atoms with E-state index < -0.39 is 11.8 Å². The minimum atomic E-state index is -0.474. The van der Waals surface area contributed by atoms with Gasteiger partial charge in [0.1, 0.15) is 13.2 Å². The van der Waals surface area contributed by atoms with Crippen LogP contribution < -0.4 is 25.6 Å². The number of hydrogen-bond acceptors (Lipinski definition) is 6. The molecule has 0 radical (unpaired) electrons. The summed E-state index contributed by atoms with van der Waals surface area (Å²) in [4.78, 5) is 35.6. The lowest BCUT2D eigenvalue weighted by Crippen LogP contribution is -2.42. The third-order valence-electron chi connectivity index (χ3n) is 3.54. The Morgan fingerprint density at radius 3 is 2.54 bits per heavy atom. The molecule has 3 amide bonds. The lowest BCUT2D eigenvalue weighted by Gasteiger charge is -2.18. The first-order valence-electron chi connectivity index (χ1n) is 7.93. The molecule has 0 fully saturated rings. The fourth-order valence-corrected chi connectivity index (χ4v) is 2.87. The summed E-state index contributed by atoms with van der Waals surface area (Å²) in [7, 11) is 0. The van der Waals surface area contributed by atoms with Crippen molar-refractivity contribution in [3.8, 4) is 11.5 Å². The number of nitrogens with one attached hydrogen (secondary N) is 3. The molecule has 0 bridgehead atoms. The molecule has 1 aliphatic heterocycles. The molecule has 2 aromatic rings. The van der Waals surface area contributed by atoms with E-state index >= 15 is 0 Å². The Morgan fingerprint density at radius 2 is 1.77 bits per heavy atom. The highest BCUT2D eigenvalue weighted by Crippen LogP contribution is 2.30. The van der Waals surface area contributed by atoms with Gasteiger partial charge in [-0.1, -0.05) is 0 Å². The number of carbonyl (C=O) groups excluding carboxylic acids is 3. The second kappa shape index (κ2) is 8.34. The monoisotopic (exact) mass is 375 g/mol. The van der Waals surface area contributed by atoms with E-state index in [0.29, 0.717) is 35.8 Å². The molecule has 136 valence electrons. The Hall–Kier alpha value is -3.07. The summed E-state index contributed by atoms with van der Waals surface area (Å²) < 4.78 is 10.8. The lowest BCUT2D eigenvalue weighted by atomic mass is 10.2. The van der Waals surface area contributed by atoms with Crippen LogP contribution in [0.3, 0.4) is 0 Å². The molecule has 2 heterocycles. The number of ether oxygens (including phenoxy) is 2. The minimum absolute atomic E-state index is 0.0390. The van der Waals surface area contributed by atoms with Gasteiger partial charge < -0.3 is 14.8 Å². The second-order valence-electron chi connectivity index (χ2n) is 5.38. The van der Waals surface area contributed by atoms with Crippen LogP contribution in [0.2, 0.25) is 0 Å². The molecule has 3 N–H and O–H groups in total. The lowest BCUT2D eigenvalue weighted by molar-refractivity contribution is -0.121. The van der Waals surface area contributed by atoms with Crippen LogP contribution in [-0.4, -0.2) is 37.5 Å². The zero-order valence-corrected chi connectivity index (χ0v) is 14.6. The standard InChI is InChI=1S/C17H17N3O5S/c21-15(3-5-18-16(22)12-4-8-26-10-12)19-20-17(23)11-1-2-13-14(9-11)25-7-6-24-13/h1-2,4,8-10H,3,5-7H2,(H,18,22)(H,19,21)(H,20,23). The maximum Gasteiger partial charge on any atom is 0.269 e. The summed E-state index contributed by atoms with van der Waals surface area (Å²) in [6.07, 6.45) is 0.0390. The van der Waals surface area contributed by atoms with Gasteiger partial charge in [0.15, 0.2) is 11.5 Å². The number of amides is 3. The Morgan fingerprint density at radius 1 is 0.962 bits per heavy atom. The first-order chi connectivity index (χ1) is 12.6. The average Bonchev–Trinajstić information content (AvgIpc) is 3.20. The van der Waals surface area contributed by atoms with Crippen LogP contribution in [0.15, 0.2) is 35.0 Å². The summed E-state index contributed by atoms with van der Waals surface area (Å²) in [6.45, 7) is 1.06. The van der Waals surface area contributed by atoms with Crippen LogP contribution in [0.5, 0.6) is 11.5 Å². The number of hydrogen-bond donors (Lipinski definition) is 3. The molecule has 0 atom stereocenters. The number of carbonyl (C=O) groups is 3. The first kappa shape index (κ1) is 17.7. The van der Waals surface area contributed by atoms with Gasteiger partial charge >= 0.3 is 0 Å². The minimum Gasteiger partial charge on any atom is -0.486 e. The molecule has 3 rings (SSSR count). The summed E-state index contributed by atoms with van der Waals surface area (Å²) >= 11 is 1.42. The molecule has 9 heteroatoms. The number of hydrazine groups is 1. The molecule has 1 aliphatic rings. The fourth-order valence-electron chi connectivity index (χ4n) is 2.23. The van der Waals surface area contributed by atoms with Crippen LogP contribution in [-0.2, 0) is 4.79 Å². The molecular formula is C17H17N3O5S. The fraction of sp³-hybridized carbons (Fsp3) is 0.235. The molecule has 0 saturated carbocycles. The average molecular weight is 375 g/mol. The molecule has 26 heavy (non-hydrogen) atoms. The van der Waals surface area contributed by atoms with Crippen LogP contribution in [0, 0.1) is 0 Å². The van der Waals surface area contributed by atoms with Gasteiger partial charge in [-0.25, -0.2) is 0 Å². The van der Waals surface area contributed by atoms with Crippen molar-refractivity contribution < 1.29 is 23.9 Å². The van der Waals surface area contributed by atoms with Crippen LogP contribution in [0.25, 0.3) is 0 Å². The number of rotatable bonds is 5. The van der Waals surface area contributed by atoms with Crippen LogP contribution >= 0.6 is 11.3 Å². The highest BCUT2D eigenvalue weighted by molar-refractivity contribution is 7.08. The maximum absolute atomic E-state index is 12.1. The van der Waals surface area contributed by atoms with Crippen molar-refractivity contribution in [2.75, 3.05) is 19.8 Å². The third kappa shape index (κ3) is 4.51. The molecule has 0 spiro atoms. The first-order valence-corrected chi connectivity index (χ1v) is 8.87. The Kier molecular flexibility index (Phi) is 5.69.